The fraction of sp³-hybridized carbons (Fsp3) is 0.278. The van der Waals surface area contributed by atoms with Crippen LogP contribution in [0.15, 0.2) is 42.5 Å². The molecule has 0 heterocycles. The van der Waals surface area contributed by atoms with Crippen LogP contribution in [-0.2, 0) is 4.79 Å². The van der Waals surface area contributed by atoms with Gasteiger partial charge in [0, 0.05) is 0 Å². The highest BCUT2D eigenvalue weighted by Crippen LogP contribution is 2.27. The van der Waals surface area contributed by atoms with Gasteiger partial charge in [-0.3, -0.25) is 4.79 Å². The van der Waals surface area contributed by atoms with E-state index in [2.05, 4.69) is 10.6 Å². The molecule has 0 aliphatic carbocycles. The van der Waals surface area contributed by atoms with Crippen molar-refractivity contribution in [1.82, 2.24) is 5.32 Å². The van der Waals surface area contributed by atoms with Crippen LogP contribution in [-0.4, -0.2) is 12.5 Å². The Kier molecular flexibility index (Phi) is 5.45. The summed E-state index contributed by atoms with van der Waals surface area (Å²) in [6, 6.07) is 13.8. The minimum absolute atomic E-state index is 0.0231. The fourth-order valence-corrected chi connectivity index (χ4v) is 2.81. The van der Waals surface area contributed by atoms with Gasteiger partial charge < -0.3 is 10.6 Å². The molecule has 116 valence electrons. The first-order chi connectivity index (χ1) is 10.5. The van der Waals surface area contributed by atoms with E-state index in [0.717, 1.165) is 22.4 Å². The second kappa shape index (κ2) is 7.32. The molecule has 0 saturated heterocycles. The molecule has 0 fully saturated rings. The predicted molar refractivity (Wildman–Crippen MR) is 92.4 cm³/mol. The summed E-state index contributed by atoms with van der Waals surface area (Å²) in [6.07, 6.45) is 0. The third-order valence-electron chi connectivity index (χ3n) is 3.53. The predicted octanol–water partition coefficient (Wildman–Crippen LogP) is 4.25. The minimum Gasteiger partial charge on any atom is -0.375 e. The molecular formula is C18H21ClN2O. The van der Waals surface area contributed by atoms with Gasteiger partial charge in [0.1, 0.15) is 0 Å². The number of benzene rings is 2. The zero-order valence-electron chi connectivity index (χ0n) is 13.1. The molecular weight excluding hydrogens is 296 g/mol. The van der Waals surface area contributed by atoms with Crippen LogP contribution in [0, 0.1) is 13.8 Å². The Balaban J connectivity index is 1.94. The van der Waals surface area contributed by atoms with E-state index in [4.69, 9.17) is 11.6 Å². The first-order valence-corrected chi connectivity index (χ1v) is 7.70. The Morgan fingerprint density at radius 3 is 2.50 bits per heavy atom. The number of hydrogen-bond acceptors (Lipinski definition) is 2. The molecule has 0 aliphatic heterocycles. The summed E-state index contributed by atoms with van der Waals surface area (Å²) >= 11 is 6.23. The Labute approximate surface area is 136 Å². The van der Waals surface area contributed by atoms with Crippen molar-refractivity contribution in [2.24, 2.45) is 0 Å². The van der Waals surface area contributed by atoms with Crippen molar-refractivity contribution >= 4 is 23.2 Å². The fourth-order valence-electron chi connectivity index (χ4n) is 2.43. The van der Waals surface area contributed by atoms with Crippen molar-refractivity contribution in [3.05, 3.63) is 64.2 Å². The van der Waals surface area contributed by atoms with E-state index in [1.165, 1.54) is 0 Å². The SMILES string of the molecule is Cc1cc(C)c(NCC(=O)NC(C)c2ccccc2)c(Cl)c1. The molecule has 22 heavy (non-hydrogen) atoms. The highest BCUT2D eigenvalue weighted by Gasteiger charge is 2.11. The number of halogens is 1. The van der Waals surface area contributed by atoms with E-state index in [-0.39, 0.29) is 18.5 Å². The summed E-state index contributed by atoms with van der Waals surface area (Å²) in [5, 5.41) is 6.73. The van der Waals surface area contributed by atoms with Crippen LogP contribution in [0.1, 0.15) is 29.7 Å². The van der Waals surface area contributed by atoms with Crippen molar-refractivity contribution in [1.29, 1.82) is 0 Å². The summed E-state index contributed by atoms with van der Waals surface area (Å²) in [5.74, 6) is -0.0626. The first kappa shape index (κ1) is 16.4. The molecule has 0 saturated carbocycles. The number of amides is 1. The van der Waals surface area contributed by atoms with Gasteiger partial charge in [-0.15, -0.1) is 0 Å². The summed E-state index contributed by atoms with van der Waals surface area (Å²) in [4.78, 5) is 12.1. The Bertz CT molecular complexity index is 632. The molecule has 0 aliphatic rings. The highest BCUT2D eigenvalue weighted by atomic mass is 35.5. The van der Waals surface area contributed by atoms with Crippen molar-refractivity contribution < 1.29 is 4.79 Å². The molecule has 2 rings (SSSR count). The molecule has 0 bridgehead atoms. The van der Waals surface area contributed by atoms with E-state index in [1.807, 2.05) is 63.2 Å². The standard InChI is InChI=1S/C18H21ClN2O/c1-12-9-13(2)18(16(19)10-12)20-11-17(22)21-14(3)15-7-5-4-6-8-15/h4-10,14,20H,11H2,1-3H3,(H,21,22). The van der Waals surface area contributed by atoms with E-state index < -0.39 is 0 Å². The number of anilines is 1. The molecule has 2 aromatic rings. The molecule has 0 spiro atoms. The molecule has 1 amide bonds. The van der Waals surface area contributed by atoms with Gasteiger partial charge in [0.2, 0.25) is 5.91 Å². The van der Waals surface area contributed by atoms with Crippen molar-refractivity contribution in [2.75, 3.05) is 11.9 Å². The van der Waals surface area contributed by atoms with Gasteiger partial charge >= 0.3 is 0 Å². The van der Waals surface area contributed by atoms with E-state index in [1.54, 1.807) is 0 Å². The average molecular weight is 317 g/mol. The normalized spacial score (nSPS) is 11.8. The smallest absolute Gasteiger partial charge is 0.239 e. The lowest BCUT2D eigenvalue weighted by Gasteiger charge is -2.16. The van der Waals surface area contributed by atoms with Crippen LogP contribution < -0.4 is 10.6 Å². The number of aryl methyl sites for hydroxylation is 2. The second-order valence-electron chi connectivity index (χ2n) is 5.49. The quantitative estimate of drug-likeness (QED) is 0.866. The Hall–Kier alpha value is -2.00. The van der Waals surface area contributed by atoms with Gasteiger partial charge in [-0.05, 0) is 43.5 Å². The van der Waals surface area contributed by atoms with Gasteiger partial charge in [-0.2, -0.15) is 0 Å². The number of hydrogen-bond donors (Lipinski definition) is 2. The van der Waals surface area contributed by atoms with Crippen LogP contribution in [0.3, 0.4) is 0 Å². The molecule has 4 heteroatoms. The maximum atomic E-state index is 12.1. The van der Waals surface area contributed by atoms with Crippen LogP contribution in [0.4, 0.5) is 5.69 Å². The van der Waals surface area contributed by atoms with Gasteiger partial charge in [-0.25, -0.2) is 0 Å². The van der Waals surface area contributed by atoms with Crippen molar-refractivity contribution in [2.45, 2.75) is 26.8 Å². The second-order valence-corrected chi connectivity index (χ2v) is 5.90. The maximum absolute atomic E-state index is 12.1. The molecule has 3 nitrogen and oxygen atoms in total. The monoisotopic (exact) mass is 316 g/mol. The number of carbonyl (C=O) groups is 1. The molecule has 2 N–H and O–H groups in total. The molecule has 0 aromatic heterocycles. The van der Waals surface area contributed by atoms with Crippen molar-refractivity contribution in [3.63, 3.8) is 0 Å². The number of carbonyl (C=O) groups excluding carboxylic acids is 1. The summed E-state index contributed by atoms with van der Waals surface area (Å²) in [7, 11) is 0. The van der Waals surface area contributed by atoms with E-state index in [0.29, 0.717) is 5.02 Å². The first-order valence-electron chi connectivity index (χ1n) is 7.32. The number of rotatable bonds is 5. The topological polar surface area (TPSA) is 41.1 Å². The van der Waals surface area contributed by atoms with E-state index in [9.17, 15) is 4.79 Å². The Morgan fingerprint density at radius 1 is 1.18 bits per heavy atom. The van der Waals surface area contributed by atoms with Gasteiger partial charge in [0.05, 0.1) is 23.3 Å². The van der Waals surface area contributed by atoms with Crippen molar-refractivity contribution in [3.8, 4) is 0 Å². The molecule has 1 atom stereocenters. The lowest BCUT2D eigenvalue weighted by Crippen LogP contribution is -2.32. The Morgan fingerprint density at radius 2 is 1.86 bits per heavy atom. The highest BCUT2D eigenvalue weighted by molar-refractivity contribution is 6.33. The lowest BCUT2D eigenvalue weighted by atomic mass is 10.1. The van der Waals surface area contributed by atoms with E-state index >= 15 is 0 Å². The zero-order valence-corrected chi connectivity index (χ0v) is 13.9. The third kappa shape index (κ3) is 4.25. The maximum Gasteiger partial charge on any atom is 0.239 e. The molecule has 1 unspecified atom stereocenters. The summed E-state index contributed by atoms with van der Waals surface area (Å²) < 4.78 is 0. The lowest BCUT2D eigenvalue weighted by molar-refractivity contribution is -0.120. The largest absolute Gasteiger partial charge is 0.375 e. The molecule has 2 aromatic carbocycles. The molecule has 0 radical (unpaired) electrons. The minimum atomic E-state index is -0.0626. The number of nitrogens with one attached hydrogen (secondary N) is 2. The van der Waals surface area contributed by atoms with Gasteiger partial charge in [0.15, 0.2) is 0 Å². The summed E-state index contributed by atoms with van der Waals surface area (Å²) in [5.41, 5.74) is 4.04. The van der Waals surface area contributed by atoms with Gasteiger partial charge in [-0.1, -0.05) is 48.0 Å². The van der Waals surface area contributed by atoms with Crippen LogP contribution in [0.2, 0.25) is 5.02 Å². The van der Waals surface area contributed by atoms with Crippen LogP contribution in [0.5, 0.6) is 0 Å². The van der Waals surface area contributed by atoms with Crippen LogP contribution in [0.25, 0.3) is 0 Å². The average Bonchev–Trinajstić information content (AvgIpc) is 2.47. The van der Waals surface area contributed by atoms with Gasteiger partial charge in [0.25, 0.3) is 0 Å². The summed E-state index contributed by atoms with van der Waals surface area (Å²) in [6.45, 7) is 6.14. The van der Waals surface area contributed by atoms with Crippen LogP contribution >= 0.6 is 11.6 Å². The zero-order chi connectivity index (χ0) is 16.1. The third-order valence-corrected chi connectivity index (χ3v) is 3.83.